The SMILES string of the molecule is COc1ccc(CN2CCN(C(=O)CCc3ccccc3O)CC2)cc1. The fourth-order valence-electron chi connectivity index (χ4n) is 3.27. The molecule has 0 atom stereocenters. The summed E-state index contributed by atoms with van der Waals surface area (Å²) in [6.07, 6.45) is 1.02. The first-order valence-electron chi connectivity index (χ1n) is 9.05. The Kier molecular flexibility index (Phi) is 6.12. The van der Waals surface area contributed by atoms with E-state index in [1.807, 2.05) is 29.2 Å². The minimum atomic E-state index is 0.164. The molecule has 1 saturated heterocycles. The van der Waals surface area contributed by atoms with E-state index in [9.17, 15) is 9.90 Å². The van der Waals surface area contributed by atoms with E-state index in [2.05, 4.69) is 17.0 Å². The quantitative estimate of drug-likeness (QED) is 0.867. The molecule has 0 unspecified atom stereocenters. The molecule has 0 radical (unpaired) electrons. The van der Waals surface area contributed by atoms with E-state index in [1.54, 1.807) is 19.2 Å². The summed E-state index contributed by atoms with van der Waals surface area (Å²) >= 11 is 0. The van der Waals surface area contributed by atoms with Crippen LogP contribution in [0.2, 0.25) is 0 Å². The first-order valence-corrected chi connectivity index (χ1v) is 9.05. The maximum Gasteiger partial charge on any atom is 0.222 e. The Morgan fingerprint density at radius 1 is 1.04 bits per heavy atom. The molecule has 0 aliphatic carbocycles. The summed E-state index contributed by atoms with van der Waals surface area (Å²) in [5.41, 5.74) is 2.09. The van der Waals surface area contributed by atoms with Gasteiger partial charge in [-0.1, -0.05) is 30.3 Å². The summed E-state index contributed by atoms with van der Waals surface area (Å²) in [4.78, 5) is 16.7. The third-order valence-electron chi connectivity index (χ3n) is 4.89. The molecule has 0 aromatic heterocycles. The van der Waals surface area contributed by atoms with E-state index < -0.39 is 0 Å². The van der Waals surface area contributed by atoms with E-state index in [-0.39, 0.29) is 11.7 Å². The minimum Gasteiger partial charge on any atom is -0.508 e. The molecular formula is C21H26N2O3. The number of hydrogen-bond acceptors (Lipinski definition) is 4. The Labute approximate surface area is 154 Å². The smallest absolute Gasteiger partial charge is 0.222 e. The van der Waals surface area contributed by atoms with Crippen molar-refractivity contribution >= 4 is 5.91 Å². The van der Waals surface area contributed by atoms with E-state index in [0.717, 1.165) is 44.0 Å². The first kappa shape index (κ1) is 18.3. The van der Waals surface area contributed by atoms with Crippen LogP contribution in [0.3, 0.4) is 0 Å². The molecule has 26 heavy (non-hydrogen) atoms. The number of aryl methyl sites for hydroxylation is 1. The molecular weight excluding hydrogens is 328 g/mol. The number of ether oxygens (including phenoxy) is 1. The van der Waals surface area contributed by atoms with Gasteiger partial charge >= 0.3 is 0 Å². The van der Waals surface area contributed by atoms with Gasteiger partial charge in [-0.05, 0) is 35.7 Å². The fourth-order valence-corrected chi connectivity index (χ4v) is 3.27. The van der Waals surface area contributed by atoms with Crippen molar-refractivity contribution < 1.29 is 14.6 Å². The fraction of sp³-hybridized carbons (Fsp3) is 0.381. The van der Waals surface area contributed by atoms with Crippen molar-refractivity contribution in [2.45, 2.75) is 19.4 Å². The molecule has 3 rings (SSSR count). The van der Waals surface area contributed by atoms with Crippen molar-refractivity contribution in [3.63, 3.8) is 0 Å². The number of nitrogens with zero attached hydrogens (tertiary/aromatic N) is 2. The normalized spacial score (nSPS) is 15.0. The number of carbonyl (C=O) groups is 1. The first-order chi connectivity index (χ1) is 12.7. The lowest BCUT2D eigenvalue weighted by molar-refractivity contribution is -0.133. The molecule has 0 saturated carbocycles. The lowest BCUT2D eigenvalue weighted by Gasteiger charge is -2.35. The summed E-state index contributed by atoms with van der Waals surface area (Å²) in [6.45, 7) is 4.18. The number of hydrogen-bond donors (Lipinski definition) is 1. The van der Waals surface area contributed by atoms with E-state index in [4.69, 9.17) is 4.74 Å². The monoisotopic (exact) mass is 354 g/mol. The number of carbonyl (C=O) groups excluding carboxylic acids is 1. The summed E-state index contributed by atoms with van der Waals surface area (Å²) < 4.78 is 5.19. The Morgan fingerprint density at radius 2 is 1.73 bits per heavy atom. The van der Waals surface area contributed by atoms with Gasteiger partial charge in [-0.25, -0.2) is 0 Å². The number of phenols is 1. The van der Waals surface area contributed by atoms with Crippen molar-refractivity contribution in [3.05, 3.63) is 59.7 Å². The Bertz CT molecular complexity index is 722. The second kappa shape index (κ2) is 8.72. The number of methoxy groups -OCH3 is 1. The van der Waals surface area contributed by atoms with Crippen LogP contribution in [0.15, 0.2) is 48.5 Å². The standard InChI is InChI=1S/C21H26N2O3/c1-26-19-9-6-17(7-10-19)16-22-12-14-23(15-13-22)21(25)11-8-18-4-2-3-5-20(18)24/h2-7,9-10,24H,8,11-16H2,1H3. The molecule has 1 aliphatic rings. The summed E-state index contributed by atoms with van der Waals surface area (Å²) in [5, 5.41) is 9.80. The number of amides is 1. The average Bonchev–Trinajstić information content (AvgIpc) is 2.68. The van der Waals surface area contributed by atoms with Gasteiger partial charge in [-0.15, -0.1) is 0 Å². The van der Waals surface area contributed by atoms with Crippen LogP contribution in [0, 0.1) is 0 Å². The molecule has 5 heteroatoms. The molecule has 1 N–H and O–H groups in total. The summed E-state index contributed by atoms with van der Waals surface area (Å²) in [7, 11) is 1.67. The van der Waals surface area contributed by atoms with Crippen molar-refractivity contribution in [3.8, 4) is 11.5 Å². The second-order valence-corrected chi connectivity index (χ2v) is 6.63. The van der Waals surface area contributed by atoms with Gasteiger partial charge in [0.2, 0.25) is 5.91 Å². The van der Waals surface area contributed by atoms with Crippen LogP contribution in [0.5, 0.6) is 11.5 Å². The van der Waals surface area contributed by atoms with Crippen molar-refractivity contribution in [2.24, 2.45) is 0 Å². The van der Waals surface area contributed by atoms with Crippen LogP contribution in [-0.4, -0.2) is 54.1 Å². The summed E-state index contributed by atoms with van der Waals surface area (Å²) in [6, 6.07) is 15.3. The van der Waals surface area contributed by atoms with Crippen LogP contribution < -0.4 is 4.74 Å². The average molecular weight is 354 g/mol. The van der Waals surface area contributed by atoms with Crippen LogP contribution in [0.25, 0.3) is 0 Å². The molecule has 2 aromatic carbocycles. The van der Waals surface area contributed by atoms with Crippen LogP contribution >= 0.6 is 0 Å². The van der Waals surface area contributed by atoms with Crippen LogP contribution in [-0.2, 0) is 17.8 Å². The van der Waals surface area contributed by atoms with E-state index >= 15 is 0 Å². The van der Waals surface area contributed by atoms with Gasteiger partial charge in [0.05, 0.1) is 7.11 Å². The predicted octanol–water partition coefficient (Wildman–Crippen LogP) is 2.68. The highest BCUT2D eigenvalue weighted by Crippen LogP contribution is 2.18. The largest absolute Gasteiger partial charge is 0.508 e. The number of benzene rings is 2. The number of phenolic OH excluding ortho intramolecular Hbond substituents is 1. The molecule has 1 amide bonds. The minimum absolute atomic E-state index is 0.164. The predicted molar refractivity (Wildman–Crippen MR) is 101 cm³/mol. The van der Waals surface area contributed by atoms with Crippen LogP contribution in [0.1, 0.15) is 17.5 Å². The van der Waals surface area contributed by atoms with Crippen molar-refractivity contribution in [2.75, 3.05) is 33.3 Å². The van der Waals surface area contributed by atoms with Gasteiger partial charge < -0.3 is 14.7 Å². The molecule has 0 bridgehead atoms. The molecule has 1 fully saturated rings. The van der Waals surface area contributed by atoms with Gasteiger partial charge in [-0.3, -0.25) is 9.69 Å². The molecule has 1 heterocycles. The lowest BCUT2D eigenvalue weighted by atomic mass is 10.1. The highest BCUT2D eigenvalue weighted by molar-refractivity contribution is 5.76. The Hall–Kier alpha value is -2.53. The van der Waals surface area contributed by atoms with Gasteiger partial charge in [0.15, 0.2) is 0 Å². The zero-order valence-corrected chi connectivity index (χ0v) is 15.2. The molecule has 5 nitrogen and oxygen atoms in total. The Morgan fingerprint density at radius 3 is 2.38 bits per heavy atom. The zero-order chi connectivity index (χ0) is 18.4. The highest BCUT2D eigenvalue weighted by Gasteiger charge is 2.21. The Balaban J connectivity index is 1.44. The van der Waals surface area contributed by atoms with Gasteiger partial charge in [0.25, 0.3) is 0 Å². The van der Waals surface area contributed by atoms with E-state index in [1.165, 1.54) is 5.56 Å². The van der Waals surface area contributed by atoms with Gasteiger partial charge in [-0.2, -0.15) is 0 Å². The third-order valence-corrected chi connectivity index (χ3v) is 4.89. The zero-order valence-electron chi connectivity index (χ0n) is 15.2. The topological polar surface area (TPSA) is 53.0 Å². The highest BCUT2D eigenvalue weighted by atomic mass is 16.5. The number of para-hydroxylation sites is 1. The van der Waals surface area contributed by atoms with Crippen molar-refractivity contribution in [1.82, 2.24) is 9.80 Å². The van der Waals surface area contributed by atoms with Crippen LogP contribution in [0.4, 0.5) is 0 Å². The summed E-state index contributed by atoms with van der Waals surface area (Å²) in [5.74, 6) is 1.30. The number of rotatable bonds is 6. The maximum absolute atomic E-state index is 12.4. The molecule has 0 spiro atoms. The maximum atomic E-state index is 12.4. The molecule has 138 valence electrons. The third kappa shape index (κ3) is 4.76. The van der Waals surface area contributed by atoms with Crippen molar-refractivity contribution in [1.29, 1.82) is 0 Å². The number of aromatic hydroxyl groups is 1. The van der Waals surface area contributed by atoms with Gasteiger partial charge in [0, 0.05) is 39.1 Å². The molecule has 1 aliphatic heterocycles. The van der Waals surface area contributed by atoms with E-state index in [0.29, 0.717) is 12.8 Å². The van der Waals surface area contributed by atoms with Gasteiger partial charge in [0.1, 0.15) is 11.5 Å². The lowest BCUT2D eigenvalue weighted by Crippen LogP contribution is -2.48. The number of piperazine rings is 1. The second-order valence-electron chi connectivity index (χ2n) is 6.63. The molecule has 2 aromatic rings.